The second kappa shape index (κ2) is 9.13. The van der Waals surface area contributed by atoms with Crippen molar-refractivity contribution in [3.05, 3.63) is 65.7 Å². The van der Waals surface area contributed by atoms with Crippen molar-refractivity contribution >= 4 is 23.6 Å². The molecule has 0 bridgehead atoms. The zero-order chi connectivity index (χ0) is 20.9. The summed E-state index contributed by atoms with van der Waals surface area (Å²) in [6.07, 6.45) is 4.29. The van der Waals surface area contributed by atoms with Crippen LogP contribution in [-0.4, -0.2) is 67.5 Å². The SMILES string of the molecule is Cc1ccc2c(c1)N(CC(=O)N1CCN(C/C=C/c3ccccc3)CC1)C(=O)CO2. The van der Waals surface area contributed by atoms with E-state index in [0.29, 0.717) is 24.5 Å². The molecule has 0 aromatic heterocycles. The summed E-state index contributed by atoms with van der Waals surface area (Å²) in [5.74, 6) is 0.464. The molecule has 30 heavy (non-hydrogen) atoms. The van der Waals surface area contributed by atoms with Crippen LogP contribution in [-0.2, 0) is 9.59 Å². The monoisotopic (exact) mass is 405 g/mol. The van der Waals surface area contributed by atoms with E-state index in [1.807, 2.05) is 48.2 Å². The smallest absolute Gasteiger partial charge is 0.265 e. The molecule has 0 spiro atoms. The lowest BCUT2D eigenvalue weighted by molar-refractivity contribution is -0.133. The van der Waals surface area contributed by atoms with Gasteiger partial charge in [0.25, 0.3) is 5.91 Å². The largest absolute Gasteiger partial charge is 0.482 e. The first-order valence-electron chi connectivity index (χ1n) is 10.4. The Labute approximate surface area is 177 Å². The molecule has 0 atom stereocenters. The Bertz CT molecular complexity index is 934. The molecule has 2 aliphatic rings. The maximum absolute atomic E-state index is 12.9. The summed E-state index contributed by atoms with van der Waals surface area (Å²) in [4.78, 5) is 31.0. The molecule has 6 heteroatoms. The second-order valence-corrected chi connectivity index (χ2v) is 7.73. The minimum Gasteiger partial charge on any atom is -0.482 e. The van der Waals surface area contributed by atoms with Crippen molar-refractivity contribution in [3.8, 4) is 5.75 Å². The van der Waals surface area contributed by atoms with Crippen LogP contribution >= 0.6 is 0 Å². The quantitative estimate of drug-likeness (QED) is 0.767. The average molecular weight is 405 g/mol. The predicted molar refractivity (Wildman–Crippen MR) is 118 cm³/mol. The van der Waals surface area contributed by atoms with Gasteiger partial charge in [-0.25, -0.2) is 0 Å². The highest BCUT2D eigenvalue weighted by molar-refractivity contribution is 6.02. The Morgan fingerprint density at radius 3 is 2.60 bits per heavy atom. The number of hydrogen-bond acceptors (Lipinski definition) is 4. The van der Waals surface area contributed by atoms with Crippen LogP contribution in [0.25, 0.3) is 6.08 Å². The highest BCUT2D eigenvalue weighted by atomic mass is 16.5. The standard InChI is InChI=1S/C24H27N3O3/c1-19-9-10-22-21(16-19)27(24(29)18-30-22)17-23(28)26-14-12-25(13-15-26)11-5-8-20-6-3-2-4-7-20/h2-10,16H,11-15,17-18H2,1H3/b8-5+. The van der Waals surface area contributed by atoms with Crippen molar-refractivity contribution in [1.82, 2.24) is 9.80 Å². The number of benzene rings is 2. The lowest BCUT2D eigenvalue weighted by Crippen LogP contribution is -2.52. The lowest BCUT2D eigenvalue weighted by atomic mass is 10.1. The first-order valence-corrected chi connectivity index (χ1v) is 10.4. The van der Waals surface area contributed by atoms with Crippen LogP contribution in [0.5, 0.6) is 5.75 Å². The average Bonchev–Trinajstić information content (AvgIpc) is 2.77. The molecule has 156 valence electrons. The summed E-state index contributed by atoms with van der Waals surface area (Å²) in [6, 6.07) is 15.9. The number of ether oxygens (including phenoxy) is 1. The zero-order valence-electron chi connectivity index (χ0n) is 17.3. The summed E-state index contributed by atoms with van der Waals surface area (Å²) in [5, 5.41) is 0. The number of hydrogen-bond donors (Lipinski definition) is 0. The molecule has 0 radical (unpaired) electrons. The van der Waals surface area contributed by atoms with Crippen molar-refractivity contribution in [2.45, 2.75) is 6.92 Å². The summed E-state index contributed by atoms with van der Waals surface area (Å²) in [5.41, 5.74) is 2.91. The minimum atomic E-state index is -0.175. The lowest BCUT2D eigenvalue weighted by Gasteiger charge is -2.36. The van der Waals surface area contributed by atoms with Crippen LogP contribution < -0.4 is 9.64 Å². The van der Waals surface area contributed by atoms with E-state index in [1.165, 1.54) is 5.56 Å². The maximum atomic E-state index is 12.9. The van der Waals surface area contributed by atoms with E-state index in [1.54, 1.807) is 4.90 Å². The highest BCUT2D eigenvalue weighted by Gasteiger charge is 2.30. The number of carbonyl (C=O) groups excluding carboxylic acids is 2. The Balaban J connectivity index is 1.30. The molecule has 0 saturated carbocycles. The van der Waals surface area contributed by atoms with Crippen LogP contribution in [0.1, 0.15) is 11.1 Å². The molecular formula is C24H27N3O3. The zero-order valence-corrected chi connectivity index (χ0v) is 17.3. The predicted octanol–water partition coefficient (Wildman–Crippen LogP) is 2.58. The number of aryl methyl sites for hydroxylation is 1. The minimum absolute atomic E-state index is 0.0165. The van der Waals surface area contributed by atoms with E-state index in [-0.39, 0.29) is 25.0 Å². The van der Waals surface area contributed by atoms with Gasteiger partial charge in [0, 0.05) is 32.7 Å². The Morgan fingerprint density at radius 2 is 1.83 bits per heavy atom. The summed E-state index contributed by atoms with van der Waals surface area (Å²) < 4.78 is 5.50. The van der Waals surface area contributed by atoms with Gasteiger partial charge in [0.2, 0.25) is 5.91 Å². The Hall–Kier alpha value is -3.12. The number of anilines is 1. The third-order valence-electron chi connectivity index (χ3n) is 5.55. The summed E-state index contributed by atoms with van der Waals surface area (Å²) >= 11 is 0. The fourth-order valence-corrected chi connectivity index (χ4v) is 3.80. The molecule has 0 unspecified atom stereocenters. The van der Waals surface area contributed by atoms with E-state index in [0.717, 1.165) is 25.2 Å². The molecule has 0 aliphatic carbocycles. The molecule has 2 aliphatic heterocycles. The van der Waals surface area contributed by atoms with Gasteiger partial charge < -0.3 is 9.64 Å². The van der Waals surface area contributed by atoms with E-state index < -0.39 is 0 Å². The number of fused-ring (bicyclic) bond motifs is 1. The molecule has 1 saturated heterocycles. The number of rotatable bonds is 5. The summed E-state index contributed by atoms with van der Waals surface area (Å²) in [6.45, 7) is 5.89. The van der Waals surface area contributed by atoms with Gasteiger partial charge in [-0.05, 0) is 30.2 Å². The fourth-order valence-electron chi connectivity index (χ4n) is 3.80. The van der Waals surface area contributed by atoms with Gasteiger partial charge in [-0.1, -0.05) is 48.6 Å². The van der Waals surface area contributed by atoms with E-state index >= 15 is 0 Å². The molecule has 1 fully saturated rings. The van der Waals surface area contributed by atoms with Gasteiger partial charge in [-0.3, -0.25) is 19.4 Å². The Kier molecular flexibility index (Phi) is 6.14. The molecule has 2 aromatic rings. The van der Waals surface area contributed by atoms with Crippen LogP contribution in [0.4, 0.5) is 5.69 Å². The van der Waals surface area contributed by atoms with Gasteiger partial charge >= 0.3 is 0 Å². The van der Waals surface area contributed by atoms with Crippen molar-refractivity contribution in [2.75, 3.05) is 50.8 Å². The summed E-state index contributed by atoms with van der Waals surface area (Å²) in [7, 11) is 0. The van der Waals surface area contributed by atoms with Gasteiger partial charge in [-0.2, -0.15) is 0 Å². The van der Waals surface area contributed by atoms with Gasteiger partial charge in [0.15, 0.2) is 6.61 Å². The highest BCUT2D eigenvalue weighted by Crippen LogP contribution is 2.32. The normalized spacial score (nSPS) is 17.2. The van der Waals surface area contributed by atoms with Gasteiger partial charge in [-0.15, -0.1) is 0 Å². The fraction of sp³-hybridized carbons (Fsp3) is 0.333. The number of nitrogens with zero attached hydrogens (tertiary/aromatic N) is 3. The van der Waals surface area contributed by atoms with E-state index in [9.17, 15) is 9.59 Å². The van der Waals surface area contributed by atoms with Crippen LogP contribution in [0.2, 0.25) is 0 Å². The number of piperazine rings is 1. The topological polar surface area (TPSA) is 53.1 Å². The van der Waals surface area contributed by atoms with Crippen molar-refractivity contribution in [3.63, 3.8) is 0 Å². The van der Waals surface area contributed by atoms with Crippen molar-refractivity contribution < 1.29 is 14.3 Å². The van der Waals surface area contributed by atoms with Crippen molar-refractivity contribution in [1.29, 1.82) is 0 Å². The number of amides is 2. The van der Waals surface area contributed by atoms with E-state index in [4.69, 9.17) is 4.74 Å². The molecular weight excluding hydrogens is 378 g/mol. The molecule has 2 amide bonds. The van der Waals surface area contributed by atoms with Gasteiger partial charge in [0.1, 0.15) is 12.3 Å². The van der Waals surface area contributed by atoms with Crippen LogP contribution in [0.15, 0.2) is 54.6 Å². The number of carbonyl (C=O) groups is 2. The Morgan fingerprint density at radius 1 is 1.07 bits per heavy atom. The molecule has 4 rings (SSSR count). The molecule has 0 N–H and O–H groups in total. The molecule has 6 nitrogen and oxygen atoms in total. The van der Waals surface area contributed by atoms with E-state index in [2.05, 4.69) is 29.2 Å². The molecule has 2 heterocycles. The maximum Gasteiger partial charge on any atom is 0.265 e. The van der Waals surface area contributed by atoms with Gasteiger partial charge in [0.05, 0.1) is 5.69 Å². The first kappa shape index (κ1) is 20.2. The second-order valence-electron chi connectivity index (χ2n) is 7.73. The third kappa shape index (κ3) is 4.71. The molecule has 2 aromatic carbocycles. The van der Waals surface area contributed by atoms with Crippen molar-refractivity contribution in [2.24, 2.45) is 0 Å². The third-order valence-corrected chi connectivity index (χ3v) is 5.55. The van der Waals surface area contributed by atoms with Crippen LogP contribution in [0.3, 0.4) is 0 Å². The first-order chi connectivity index (χ1) is 14.6. The van der Waals surface area contributed by atoms with Crippen LogP contribution in [0, 0.1) is 6.92 Å².